The average molecular weight is 326 g/mol. The van der Waals surface area contributed by atoms with Crippen LogP contribution in [0.4, 0.5) is 0 Å². The number of nitrogens with zero attached hydrogens (tertiary/aromatic N) is 1. The Labute approximate surface area is 122 Å². The van der Waals surface area contributed by atoms with Crippen molar-refractivity contribution in [1.29, 1.82) is 0 Å². The Morgan fingerprint density at radius 1 is 1.50 bits per heavy atom. The number of halogens is 1. The summed E-state index contributed by atoms with van der Waals surface area (Å²) in [6, 6.07) is 1.72. The fraction of sp³-hybridized carbons (Fsp3) is 0.636. The number of hydrogen-bond donors (Lipinski definition) is 0. The van der Waals surface area contributed by atoms with E-state index in [4.69, 9.17) is 11.6 Å². The molecule has 2 heterocycles. The molecule has 0 spiro atoms. The zero-order valence-corrected chi connectivity index (χ0v) is 13.5. The van der Waals surface area contributed by atoms with Crippen LogP contribution in [0.1, 0.15) is 18.7 Å². The zero-order chi connectivity index (χ0) is 13.3. The van der Waals surface area contributed by atoms with Gasteiger partial charge in [0.15, 0.2) is 0 Å². The van der Waals surface area contributed by atoms with Gasteiger partial charge in [0.2, 0.25) is 10.0 Å². The van der Waals surface area contributed by atoms with Crippen molar-refractivity contribution in [2.45, 2.75) is 35.9 Å². The molecule has 1 saturated heterocycles. The molecule has 2 rings (SSSR count). The Kier molecular flexibility index (Phi) is 4.65. The molecule has 1 aromatic rings. The van der Waals surface area contributed by atoms with Crippen LogP contribution in [-0.4, -0.2) is 36.3 Å². The second kappa shape index (κ2) is 5.71. The highest BCUT2D eigenvalue weighted by Crippen LogP contribution is 2.31. The SMILES string of the molecule is CC1SCCN(S(=O)(=O)c2csc(CCl)c2)C1C. The third kappa shape index (κ3) is 2.72. The molecular weight excluding hydrogens is 310 g/mol. The first-order chi connectivity index (χ1) is 8.46. The summed E-state index contributed by atoms with van der Waals surface area (Å²) in [5.41, 5.74) is 0. The minimum absolute atomic E-state index is 0.0353. The molecule has 0 aromatic carbocycles. The summed E-state index contributed by atoms with van der Waals surface area (Å²) < 4.78 is 26.7. The van der Waals surface area contributed by atoms with Crippen molar-refractivity contribution in [3.63, 3.8) is 0 Å². The third-order valence-electron chi connectivity index (χ3n) is 3.19. The summed E-state index contributed by atoms with van der Waals surface area (Å²) in [5, 5.41) is 2.02. The lowest BCUT2D eigenvalue weighted by Crippen LogP contribution is -2.47. The van der Waals surface area contributed by atoms with Crippen LogP contribution >= 0.6 is 34.7 Å². The number of thioether (sulfide) groups is 1. The summed E-state index contributed by atoms with van der Waals surface area (Å²) in [4.78, 5) is 1.27. The predicted octanol–water partition coefficient (Wildman–Crippen LogP) is 3.00. The molecule has 0 amide bonds. The summed E-state index contributed by atoms with van der Waals surface area (Å²) in [5.74, 6) is 1.22. The second-order valence-electron chi connectivity index (χ2n) is 4.31. The van der Waals surface area contributed by atoms with E-state index < -0.39 is 10.0 Å². The molecule has 0 saturated carbocycles. The lowest BCUT2D eigenvalue weighted by Gasteiger charge is -2.36. The Bertz CT molecular complexity index is 514. The molecule has 0 radical (unpaired) electrons. The van der Waals surface area contributed by atoms with Crippen molar-refractivity contribution < 1.29 is 8.42 Å². The van der Waals surface area contributed by atoms with Crippen LogP contribution in [0, 0.1) is 0 Å². The maximum Gasteiger partial charge on any atom is 0.244 e. The largest absolute Gasteiger partial charge is 0.244 e. The van der Waals surface area contributed by atoms with Crippen LogP contribution in [0.15, 0.2) is 16.3 Å². The fourth-order valence-electron chi connectivity index (χ4n) is 1.95. The van der Waals surface area contributed by atoms with E-state index in [1.807, 2.05) is 18.7 Å². The Morgan fingerprint density at radius 3 is 2.83 bits per heavy atom. The fourth-order valence-corrected chi connectivity index (χ4v) is 6.32. The number of thiophene rings is 1. The normalized spacial score (nSPS) is 26.4. The van der Waals surface area contributed by atoms with Crippen LogP contribution in [0.5, 0.6) is 0 Å². The van der Waals surface area contributed by atoms with Gasteiger partial charge in [-0.25, -0.2) is 8.42 Å². The van der Waals surface area contributed by atoms with E-state index in [-0.39, 0.29) is 6.04 Å². The van der Waals surface area contributed by atoms with E-state index in [9.17, 15) is 8.42 Å². The van der Waals surface area contributed by atoms with Gasteiger partial charge in [-0.3, -0.25) is 0 Å². The minimum atomic E-state index is -3.36. The van der Waals surface area contributed by atoms with Crippen molar-refractivity contribution in [1.82, 2.24) is 4.31 Å². The monoisotopic (exact) mass is 325 g/mol. The van der Waals surface area contributed by atoms with Crippen LogP contribution in [0.25, 0.3) is 0 Å². The smallest absolute Gasteiger partial charge is 0.207 e. The molecule has 1 fully saturated rings. The Balaban J connectivity index is 2.30. The second-order valence-corrected chi connectivity index (χ2v) is 8.95. The highest BCUT2D eigenvalue weighted by Gasteiger charge is 2.35. The van der Waals surface area contributed by atoms with E-state index in [1.54, 1.807) is 15.8 Å². The molecule has 0 N–H and O–H groups in total. The van der Waals surface area contributed by atoms with Gasteiger partial charge < -0.3 is 0 Å². The molecule has 1 aliphatic heterocycles. The maximum atomic E-state index is 12.6. The topological polar surface area (TPSA) is 37.4 Å². The van der Waals surface area contributed by atoms with Gasteiger partial charge in [0, 0.05) is 33.8 Å². The predicted molar refractivity (Wildman–Crippen MR) is 79.1 cm³/mol. The molecule has 1 aliphatic rings. The molecule has 18 heavy (non-hydrogen) atoms. The van der Waals surface area contributed by atoms with Crippen LogP contribution in [-0.2, 0) is 15.9 Å². The van der Waals surface area contributed by atoms with E-state index in [2.05, 4.69) is 6.92 Å². The molecule has 0 bridgehead atoms. The van der Waals surface area contributed by atoms with Crippen molar-refractivity contribution in [3.8, 4) is 0 Å². The van der Waals surface area contributed by atoms with Gasteiger partial charge in [0.1, 0.15) is 0 Å². The van der Waals surface area contributed by atoms with Gasteiger partial charge in [0.25, 0.3) is 0 Å². The highest BCUT2D eigenvalue weighted by molar-refractivity contribution is 8.00. The summed E-state index contributed by atoms with van der Waals surface area (Å²) >= 11 is 8.95. The summed E-state index contributed by atoms with van der Waals surface area (Å²) in [6.07, 6.45) is 0. The molecule has 2 unspecified atom stereocenters. The van der Waals surface area contributed by atoms with Gasteiger partial charge in [-0.15, -0.1) is 22.9 Å². The van der Waals surface area contributed by atoms with Crippen LogP contribution in [0.3, 0.4) is 0 Å². The van der Waals surface area contributed by atoms with Crippen LogP contribution < -0.4 is 0 Å². The number of alkyl halides is 1. The first kappa shape index (κ1) is 14.7. The lowest BCUT2D eigenvalue weighted by molar-refractivity contribution is 0.340. The van der Waals surface area contributed by atoms with Crippen LogP contribution in [0.2, 0.25) is 0 Å². The molecule has 7 heteroatoms. The van der Waals surface area contributed by atoms with Gasteiger partial charge in [-0.05, 0) is 13.0 Å². The molecule has 3 nitrogen and oxygen atoms in total. The van der Waals surface area contributed by atoms with Gasteiger partial charge in [-0.1, -0.05) is 6.92 Å². The van der Waals surface area contributed by atoms with E-state index >= 15 is 0 Å². The molecule has 0 aliphatic carbocycles. The Morgan fingerprint density at radius 2 is 2.22 bits per heavy atom. The quantitative estimate of drug-likeness (QED) is 0.802. The van der Waals surface area contributed by atoms with Gasteiger partial charge in [0.05, 0.1) is 10.8 Å². The molecule has 102 valence electrons. The van der Waals surface area contributed by atoms with Gasteiger partial charge in [-0.2, -0.15) is 16.1 Å². The van der Waals surface area contributed by atoms with Crippen molar-refractivity contribution in [2.75, 3.05) is 12.3 Å². The standard InChI is InChI=1S/C11H16ClNO2S3/c1-8-9(2)16-4-3-13(8)18(14,15)11-5-10(6-12)17-7-11/h5,7-9H,3-4,6H2,1-2H3. The molecular formula is C11H16ClNO2S3. The molecule has 2 atom stereocenters. The van der Waals surface area contributed by atoms with Crippen molar-refractivity contribution in [2.24, 2.45) is 0 Å². The molecule has 1 aromatic heterocycles. The number of sulfonamides is 1. The van der Waals surface area contributed by atoms with E-state index in [0.29, 0.717) is 22.6 Å². The van der Waals surface area contributed by atoms with Gasteiger partial charge >= 0.3 is 0 Å². The third-order valence-corrected chi connectivity index (χ3v) is 8.03. The van der Waals surface area contributed by atoms with E-state index in [1.165, 1.54) is 11.3 Å². The first-order valence-electron chi connectivity index (χ1n) is 5.73. The van der Waals surface area contributed by atoms with Crippen molar-refractivity contribution >= 4 is 44.7 Å². The highest BCUT2D eigenvalue weighted by atomic mass is 35.5. The average Bonchev–Trinajstić information content (AvgIpc) is 2.81. The van der Waals surface area contributed by atoms with Crippen molar-refractivity contribution in [3.05, 3.63) is 16.3 Å². The zero-order valence-electron chi connectivity index (χ0n) is 10.3. The minimum Gasteiger partial charge on any atom is -0.207 e. The summed E-state index contributed by atoms with van der Waals surface area (Å²) in [6.45, 7) is 4.64. The first-order valence-corrected chi connectivity index (χ1v) is 9.64. The Hall–Kier alpha value is 0.250. The van der Waals surface area contributed by atoms with E-state index in [0.717, 1.165) is 10.6 Å². The maximum absolute atomic E-state index is 12.6. The number of hydrogen-bond acceptors (Lipinski definition) is 4. The number of rotatable bonds is 3. The lowest BCUT2D eigenvalue weighted by atomic mass is 10.2. The summed E-state index contributed by atoms with van der Waals surface area (Å²) in [7, 11) is -3.36.